The highest BCUT2D eigenvalue weighted by atomic mass is 32.2. The van der Waals surface area contributed by atoms with Crippen molar-refractivity contribution < 1.29 is 19.0 Å². The molecule has 0 unspecified atom stereocenters. The number of hydrogen-bond acceptors (Lipinski definition) is 9. The third-order valence-corrected chi connectivity index (χ3v) is 6.60. The van der Waals surface area contributed by atoms with Crippen LogP contribution in [0.15, 0.2) is 59.9 Å². The molecule has 35 heavy (non-hydrogen) atoms. The molecule has 2 aromatic carbocycles. The summed E-state index contributed by atoms with van der Waals surface area (Å²) in [6, 6.07) is 15.3. The average molecular weight is 496 g/mol. The zero-order valence-electron chi connectivity index (χ0n) is 20.1. The number of nitrogens with zero attached hydrogens (tertiary/aromatic N) is 4. The minimum atomic E-state index is -0.132. The molecule has 0 radical (unpaired) electrons. The van der Waals surface area contributed by atoms with E-state index in [1.807, 2.05) is 24.3 Å². The maximum Gasteiger partial charge on any atom is 0.234 e. The van der Waals surface area contributed by atoms with Gasteiger partial charge in [0.2, 0.25) is 5.91 Å². The molecular formula is C25H29N5O4S. The lowest BCUT2D eigenvalue weighted by Crippen LogP contribution is -2.47. The van der Waals surface area contributed by atoms with Crippen molar-refractivity contribution >= 4 is 34.9 Å². The van der Waals surface area contributed by atoms with Gasteiger partial charge in [0.05, 0.1) is 32.8 Å². The van der Waals surface area contributed by atoms with Crippen LogP contribution in [0.1, 0.15) is 0 Å². The Bertz CT molecular complexity index is 1150. The van der Waals surface area contributed by atoms with Gasteiger partial charge in [-0.1, -0.05) is 23.9 Å². The third-order valence-electron chi connectivity index (χ3n) is 5.68. The third kappa shape index (κ3) is 6.07. The molecule has 184 valence electrons. The van der Waals surface area contributed by atoms with Crippen LogP contribution in [0.5, 0.6) is 17.2 Å². The normalized spacial score (nSPS) is 13.3. The Morgan fingerprint density at radius 3 is 2.34 bits per heavy atom. The molecule has 1 aliphatic heterocycles. The minimum absolute atomic E-state index is 0.132. The van der Waals surface area contributed by atoms with Crippen molar-refractivity contribution in [1.82, 2.24) is 9.97 Å². The lowest BCUT2D eigenvalue weighted by Gasteiger charge is -2.37. The molecule has 1 saturated heterocycles. The Hall–Kier alpha value is -3.66. The minimum Gasteiger partial charge on any atom is -0.495 e. The SMILES string of the molecule is COc1ccc(NC(=O)CSc2cc(N3CCN(c4ccccc4OC)CC3)ncn2)cc1OC. The van der Waals surface area contributed by atoms with E-state index in [9.17, 15) is 4.79 Å². The standard InChI is InChI=1S/C25H29N5O4S/c1-32-20-7-5-4-6-19(20)29-10-12-30(13-11-29)23-15-25(27-17-26-23)35-16-24(31)28-18-8-9-21(33-2)22(14-18)34-3/h4-9,14-15,17H,10-13,16H2,1-3H3,(H,28,31). The lowest BCUT2D eigenvalue weighted by molar-refractivity contribution is -0.113. The van der Waals surface area contributed by atoms with Crippen molar-refractivity contribution in [2.75, 3.05) is 68.4 Å². The highest BCUT2D eigenvalue weighted by molar-refractivity contribution is 7.99. The van der Waals surface area contributed by atoms with Gasteiger partial charge >= 0.3 is 0 Å². The number of rotatable bonds is 9. The summed E-state index contributed by atoms with van der Waals surface area (Å²) < 4.78 is 16.0. The first-order chi connectivity index (χ1) is 17.1. The number of piperazine rings is 1. The Morgan fingerprint density at radius 2 is 1.60 bits per heavy atom. The molecular weight excluding hydrogens is 466 g/mol. The molecule has 1 amide bonds. The van der Waals surface area contributed by atoms with Crippen LogP contribution >= 0.6 is 11.8 Å². The fourth-order valence-electron chi connectivity index (χ4n) is 3.90. The van der Waals surface area contributed by atoms with Crippen molar-refractivity contribution in [2.24, 2.45) is 0 Å². The quantitative estimate of drug-likeness (QED) is 0.354. The van der Waals surface area contributed by atoms with Crippen LogP contribution in [-0.4, -0.2) is 69.1 Å². The molecule has 3 aromatic rings. The molecule has 0 atom stereocenters. The summed E-state index contributed by atoms with van der Waals surface area (Å²) in [4.78, 5) is 25.8. The van der Waals surface area contributed by atoms with E-state index in [2.05, 4.69) is 31.2 Å². The maximum atomic E-state index is 12.5. The van der Waals surface area contributed by atoms with E-state index in [1.54, 1.807) is 45.9 Å². The number of nitrogens with one attached hydrogen (secondary N) is 1. The second kappa shape index (κ2) is 11.7. The van der Waals surface area contributed by atoms with Crippen LogP contribution in [0.4, 0.5) is 17.2 Å². The zero-order chi connectivity index (χ0) is 24.6. The molecule has 10 heteroatoms. The van der Waals surface area contributed by atoms with Crippen LogP contribution < -0.4 is 29.3 Å². The highest BCUT2D eigenvalue weighted by Crippen LogP contribution is 2.31. The number of carbonyl (C=O) groups is 1. The summed E-state index contributed by atoms with van der Waals surface area (Å²) >= 11 is 1.37. The molecule has 9 nitrogen and oxygen atoms in total. The number of benzene rings is 2. The first-order valence-electron chi connectivity index (χ1n) is 11.2. The number of hydrogen-bond donors (Lipinski definition) is 1. The lowest BCUT2D eigenvalue weighted by atomic mass is 10.2. The van der Waals surface area contributed by atoms with Crippen LogP contribution in [0.25, 0.3) is 0 Å². The van der Waals surface area contributed by atoms with Gasteiger partial charge in [-0.25, -0.2) is 9.97 Å². The van der Waals surface area contributed by atoms with Gasteiger partial charge in [0.1, 0.15) is 22.9 Å². The van der Waals surface area contributed by atoms with Gasteiger partial charge in [0.25, 0.3) is 0 Å². The molecule has 1 N–H and O–H groups in total. The van der Waals surface area contributed by atoms with E-state index in [1.165, 1.54) is 11.8 Å². The largest absolute Gasteiger partial charge is 0.495 e. The number of aromatic nitrogens is 2. The predicted molar refractivity (Wildman–Crippen MR) is 138 cm³/mol. The van der Waals surface area contributed by atoms with E-state index in [4.69, 9.17) is 14.2 Å². The fraction of sp³-hybridized carbons (Fsp3) is 0.320. The molecule has 4 rings (SSSR count). The van der Waals surface area contributed by atoms with Gasteiger partial charge in [-0.3, -0.25) is 4.79 Å². The molecule has 1 aliphatic rings. The summed E-state index contributed by atoms with van der Waals surface area (Å²) in [6.07, 6.45) is 1.55. The van der Waals surface area contributed by atoms with E-state index in [0.717, 1.165) is 48.5 Å². The molecule has 0 bridgehead atoms. The fourth-order valence-corrected chi connectivity index (χ4v) is 4.56. The zero-order valence-corrected chi connectivity index (χ0v) is 20.9. The van der Waals surface area contributed by atoms with E-state index in [0.29, 0.717) is 17.2 Å². The van der Waals surface area contributed by atoms with Gasteiger partial charge in [0.15, 0.2) is 11.5 Å². The van der Waals surface area contributed by atoms with Crippen LogP contribution in [0.2, 0.25) is 0 Å². The molecule has 0 aliphatic carbocycles. The van der Waals surface area contributed by atoms with Gasteiger partial charge in [-0.05, 0) is 24.3 Å². The number of carbonyl (C=O) groups excluding carboxylic acids is 1. The maximum absolute atomic E-state index is 12.5. The Labute approximate surface area is 209 Å². The topological polar surface area (TPSA) is 89.1 Å². The van der Waals surface area contributed by atoms with Crippen LogP contribution in [0.3, 0.4) is 0 Å². The van der Waals surface area contributed by atoms with E-state index >= 15 is 0 Å². The monoisotopic (exact) mass is 495 g/mol. The van der Waals surface area contributed by atoms with Crippen molar-refractivity contribution in [1.29, 1.82) is 0 Å². The van der Waals surface area contributed by atoms with Gasteiger partial charge < -0.3 is 29.3 Å². The second-order valence-electron chi connectivity index (χ2n) is 7.77. The number of para-hydroxylation sites is 2. The first kappa shape index (κ1) is 24.5. The second-order valence-corrected chi connectivity index (χ2v) is 8.76. The highest BCUT2D eigenvalue weighted by Gasteiger charge is 2.21. The average Bonchev–Trinajstić information content (AvgIpc) is 2.92. The number of ether oxygens (including phenoxy) is 3. The summed E-state index contributed by atoms with van der Waals surface area (Å²) in [6.45, 7) is 3.39. The first-order valence-corrected chi connectivity index (χ1v) is 12.2. The van der Waals surface area contributed by atoms with E-state index < -0.39 is 0 Å². The molecule has 0 spiro atoms. The van der Waals surface area contributed by atoms with E-state index in [-0.39, 0.29) is 11.7 Å². The number of amides is 1. The van der Waals surface area contributed by atoms with Crippen molar-refractivity contribution in [2.45, 2.75) is 5.03 Å². The molecule has 1 fully saturated rings. The molecule has 2 heterocycles. The van der Waals surface area contributed by atoms with Crippen molar-refractivity contribution in [3.63, 3.8) is 0 Å². The van der Waals surface area contributed by atoms with Gasteiger partial charge in [0, 0.05) is 44.0 Å². The van der Waals surface area contributed by atoms with Crippen molar-refractivity contribution in [3.05, 3.63) is 54.9 Å². The summed E-state index contributed by atoms with van der Waals surface area (Å²) in [5.41, 5.74) is 1.75. The number of anilines is 3. The Kier molecular flexibility index (Phi) is 8.15. The molecule has 1 aromatic heterocycles. The summed E-state index contributed by atoms with van der Waals surface area (Å²) in [5, 5.41) is 3.64. The van der Waals surface area contributed by atoms with Gasteiger partial charge in [-0.15, -0.1) is 0 Å². The number of thioether (sulfide) groups is 1. The summed E-state index contributed by atoms with van der Waals surface area (Å²) in [5.74, 6) is 3.01. The Morgan fingerprint density at radius 1 is 0.886 bits per heavy atom. The molecule has 0 saturated carbocycles. The predicted octanol–water partition coefficient (Wildman–Crippen LogP) is 3.56. The van der Waals surface area contributed by atoms with Crippen LogP contribution in [-0.2, 0) is 4.79 Å². The van der Waals surface area contributed by atoms with Gasteiger partial charge in [-0.2, -0.15) is 0 Å². The van der Waals surface area contributed by atoms with Crippen LogP contribution in [0, 0.1) is 0 Å². The Balaban J connectivity index is 1.31. The summed E-state index contributed by atoms with van der Waals surface area (Å²) in [7, 11) is 4.83. The van der Waals surface area contributed by atoms with Crippen molar-refractivity contribution in [3.8, 4) is 17.2 Å². The number of methoxy groups -OCH3 is 3. The smallest absolute Gasteiger partial charge is 0.234 e.